The number of rotatable bonds is 2. The van der Waals surface area contributed by atoms with E-state index in [9.17, 15) is 9.90 Å². The van der Waals surface area contributed by atoms with Crippen molar-refractivity contribution in [3.05, 3.63) is 62.1 Å². The van der Waals surface area contributed by atoms with Gasteiger partial charge >= 0.3 is 0 Å². The quantitative estimate of drug-likeness (QED) is 0.406. The number of phenols is 1. The van der Waals surface area contributed by atoms with E-state index in [4.69, 9.17) is 12.2 Å². The van der Waals surface area contributed by atoms with E-state index in [0.29, 0.717) is 9.23 Å². The lowest BCUT2D eigenvalue weighted by molar-refractivity contribution is -0.113. The van der Waals surface area contributed by atoms with Gasteiger partial charge in [-0.05, 0) is 71.0 Å². The van der Waals surface area contributed by atoms with Gasteiger partial charge in [0.05, 0.1) is 14.2 Å². The second-order valence-electron chi connectivity index (χ2n) is 5.07. The Labute approximate surface area is 157 Å². The number of carbonyl (C=O) groups excluding carboxylic acids is 1. The fraction of sp³-hybridized carbons (Fsp3) is 0.0588. The van der Waals surface area contributed by atoms with E-state index >= 15 is 0 Å². The summed E-state index contributed by atoms with van der Waals surface area (Å²) >= 11 is 8.72. The molecule has 0 bridgehead atoms. The van der Waals surface area contributed by atoms with E-state index in [1.165, 1.54) is 11.8 Å². The SMILES string of the molecule is Cc1cccc(N2C(=O)/C(=C\c3ccc(O)c(I)c3)SC2=S)c1. The molecular weight excluding hydrogens is 441 g/mol. The minimum absolute atomic E-state index is 0.117. The van der Waals surface area contributed by atoms with Crippen LogP contribution >= 0.6 is 46.6 Å². The first-order valence-corrected chi connectivity index (χ1v) is 9.09. The molecule has 1 saturated heterocycles. The monoisotopic (exact) mass is 453 g/mol. The molecule has 0 spiro atoms. The van der Waals surface area contributed by atoms with Crippen LogP contribution in [0.1, 0.15) is 11.1 Å². The van der Waals surface area contributed by atoms with Gasteiger partial charge in [0.2, 0.25) is 0 Å². The Kier molecular flexibility index (Phi) is 4.74. The summed E-state index contributed by atoms with van der Waals surface area (Å²) in [6.07, 6.45) is 1.80. The van der Waals surface area contributed by atoms with Gasteiger partial charge in [0.25, 0.3) is 5.91 Å². The van der Waals surface area contributed by atoms with Gasteiger partial charge in [-0.15, -0.1) is 0 Å². The van der Waals surface area contributed by atoms with Crippen molar-refractivity contribution in [3.63, 3.8) is 0 Å². The molecule has 2 aromatic rings. The molecule has 0 unspecified atom stereocenters. The van der Waals surface area contributed by atoms with Crippen LogP contribution in [0.3, 0.4) is 0 Å². The highest BCUT2D eigenvalue weighted by molar-refractivity contribution is 14.1. The molecule has 1 aliphatic rings. The summed E-state index contributed by atoms with van der Waals surface area (Å²) in [4.78, 5) is 14.8. The molecule has 0 atom stereocenters. The van der Waals surface area contributed by atoms with Crippen molar-refractivity contribution < 1.29 is 9.90 Å². The summed E-state index contributed by atoms with van der Waals surface area (Å²) in [5.41, 5.74) is 2.72. The summed E-state index contributed by atoms with van der Waals surface area (Å²) in [7, 11) is 0. The number of thiocarbonyl (C=S) groups is 1. The molecule has 1 amide bonds. The first kappa shape index (κ1) is 16.5. The predicted molar refractivity (Wildman–Crippen MR) is 108 cm³/mol. The molecule has 6 heteroatoms. The Morgan fingerprint density at radius 1 is 1.26 bits per heavy atom. The molecule has 3 rings (SSSR count). The number of nitrogens with zero attached hydrogens (tertiary/aromatic N) is 1. The van der Waals surface area contributed by atoms with Gasteiger partial charge < -0.3 is 5.11 Å². The van der Waals surface area contributed by atoms with Gasteiger partial charge in [-0.2, -0.15) is 0 Å². The minimum Gasteiger partial charge on any atom is -0.507 e. The maximum Gasteiger partial charge on any atom is 0.270 e. The summed E-state index contributed by atoms with van der Waals surface area (Å²) in [6, 6.07) is 12.9. The average molecular weight is 453 g/mol. The van der Waals surface area contributed by atoms with Crippen molar-refractivity contribution >= 4 is 68.6 Å². The van der Waals surface area contributed by atoms with E-state index < -0.39 is 0 Å². The zero-order chi connectivity index (χ0) is 16.6. The molecule has 0 aromatic heterocycles. The first-order valence-electron chi connectivity index (χ1n) is 6.79. The number of hydrogen-bond donors (Lipinski definition) is 1. The molecule has 3 nitrogen and oxygen atoms in total. The number of carbonyl (C=O) groups is 1. The second kappa shape index (κ2) is 6.62. The molecular formula is C17H12INO2S2. The van der Waals surface area contributed by atoms with Crippen molar-refractivity contribution in [3.8, 4) is 5.75 Å². The van der Waals surface area contributed by atoms with Gasteiger partial charge in [0.1, 0.15) is 5.75 Å². The normalized spacial score (nSPS) is 16.4. The van der Waals surface area contributed by atoms with Gasteiger partial charge in [0, 0.05) is 0 Å². The molecule has 116 valence electrons. The summed E-state index contributed by atoms with van der Waals surface area (Å²) < 4.78 is 1.27. The molecule has 0 aliphatic carbocycles. The maximum absolute atomic E-state index is 12.7. The van der Waals surface area contributed by atoms with Crippen LogP contribution in [0.15, 0.2) is 47.4 Å². The Hall–Kier alpha value is -1.38. The van der Waals surface area contributed by atoms with Crippen LogP contribution < -0.4 is 4.90 Å². The van der Waals surface area contributed by atoms with Crippen molar-refractivity contribution in [2.75, 3.05) is 4.90 Å². The number of halogens is 1. The molecule has 23 heavy (non-hydrogen) atoms. The fourth-order valence-electron chi connectivity index (χ4n) is 2.22. The first-order chi connectivity index (χ1) is 11.0. The van der Waals surface area contributed by atoms with Crippen molar-refractivity contribution in [2.45, 2.75) is 6.92 Å². The Morgan fingerprint density at radius 2 is 2.04 bits per heavy atom. The smallest absolute Gasteiger partial charge is 0.270 e. The number of aryl methyl sites for hydroxylation is 1. The molecule has 1 heterocycles. The lowest BCUT2D eigenvalue weighted by Gasteiger charge is -2.14. The van der Waals surface area contributed by atoms with E-state index in [-0.39, 0.29) is 11.7 Å². The molecule has 1 fully saturated rings. The Balaban J connectivity index is 1.94. The third kappa shape index (κ3) is 3.44. The Bertz CT molecular complexity index is 848. The van der Waals surface area contributed by atoms with Gasteiger partial charge in [-0.1, -0.05) is 42.2 Å². The van der Waals surface area contributed by atoms with Crippen molar-refractivity contribution in [1.29, 1.82) is 0 Å². The minimum atomic E-state index is -0.117. The number of phenolic OH excluding ortho intramolecular Hbond substituents is 1. The zero-order valence-corrected chi connectivity index (χ0v) is 15.9. The van der Waals surface area contributed by atoms with Gasteiger partial charge in [-0.3, -0.25) is 9.69 Å². The van der Waals surface area contributed by atoms with Crippen LogP contribution in [0.2, 0.25) is 0 Å². The van der Waals surface area contributed by atoms with Gasteiger partial charge in [0.15, 0.2) is 4.32 Å². The van der Waals surface area contributed by atoms with Crippen LogP contribution in [0.4, 0.5) is 5.69 Å². The van der Waals surface area contributed by atoms with E-state index in [0.717, 1.165) is 20.4 Å². The number of benzene rings is 2. The highest BCUT2D eigenvalue weighted by atomic mass is 127. The van der Waals surface area contributed by atoms with Crippen molar-refractivity contribution in [2.24, 2.45) is 0 Å². The fourth-order valence-corrected chi connectivity index (χ4v) is 4.06. The highest BCUT2D eigenvalue weighted by Gasteiger charge is 2.33. The number of amides is 1. The second-order valence-corrected chi connectivity index (χ2v) is 7.90. The zero-order valence-electron chi connectivity index (χ0n) is 12.1. The highest BCUT2D eigenvalue weighted by Crippen LogP contribution is 2.36. The number of hydrogen-bond acceptors (Lipinski definition) is 4. The maximum atomic E-state index is 12.7. The number of aromatic hydroxyl groups is 1. The lowest BCUT2D eigenvalue weighted by Crippen LogP contribution is -2.27. The number of thioether (sulfide) groups is 1. The molecule has 1 N–H and O–H groups in total. The topological polar surface area (TPSA) is 40.5 Å². The van der Waals surface area contributed by atoms with Crippen molar-refractivity contribution in [1.82, 2.24) is 0 Å². The average Bonchev–Trinajstić information content (AvgIpc) is 2.77. The van der Waals surface area contributed by atoms with Crippen LogP contribution in [0.5, 0.6) is 5.75 Å². The predicted octanol–water partition coefficient (Wildman–Crippen LogP) is 4.71. The largest absolute Gasteiger partial charge is 0.507 e. The standard InChI is InChI=1S/C17H12INO2S2/c1-10-3-2-4-12(7-10)19-16(21)15(23-17(19)22)9-11-5-6-14(20)13(18)8-11/h2-9,20H,1H3/b15-9+. The molecule has 0 saturated carbocycles. The van der Waals surface area contributed by atoms with Crippen LogP contribution in [0.25, 0.3) is 6.08 Å². The lowest BCUT2D eigenvalue weighted by atomic mass is 10.2. The van der Waals surface area contributed by atoms with E-state index in [1.807, 2.05) is 37.3 Å². The third-order valence-corrected chi connectivity index (χ3v) is 5.49. The number of anilines is 1. The third-order valence-electron chi connectivity index (χ3n) is 3.32. The molecule has 0 radical (unpaired) electrons. The summed E-state index contributed by atoms with van der Waals surface area (Å²) in [5.74, 6) is 0.115. The van der Waals surface area contributed by atoms with Crippen LogP contribution in [-0.4, -0.2) is 15.3 Å². The van der Waals surface area contributed by atoms with E-state index in [2.05, 4.69) is 22.6 Å². The van der Waals surface area contributed by atoms with E-state index in [1.54, 1.807) is 23.1 Å². The molecule has 2 aromatic carbocycles. The summed E-state index contributed by atoms with van der Waals surface area (Å²) in [6.45, 7) is 1.98. The Morgan fingerprint density at radius 3 is 2.74 bits per heavy atom. The summed E-state index contributed by atoms with van der Waals surface area (Å²) in [5, 5.41) is 9.59. The van der Waals surface area contributed by atoms with Gasteiger partial charge in [-0.25, -0.2) is 0 Å². The van der Waals surface area contributed by atoms with Crippen LogP contribution in [0, 0.1) is 10.5 Å². The molecule has 1 aliphatic heterocycles. The van der Waals surface area contributed by atoms with Crippen LogP contribution in [-0.2, 0) is 4.79 Å².